The Kier molecular flexibility index (Phi) is 3.93. The number of esters is 1. The average molecular weight is 336 g/mol. The fourth-order valence-electron chi connectivity index (χ4n) is 3.63. The van der Waals surface area contributed by atoms with Gasteiger partial charge in [-0.1, -0.05) is 30.3 Å². The number of nitrogens with zero attached hydrogens (tertiary/aromatic N) is 1. The first-order valence-corrected chi connectivity index (χ1v) is 8.34. The number of para-hydroxylation sites is 1. The lowest BCUT2D eigenvalue weighted by molar-refractivity contribution is -0.148. The van der Waals surface area contributed by atoms with Crippen LogP contribution >= 0.6 is 0 Å². The van der Waals surface area contributed by atoms with Gasteiger partial charge in [0.05, 0.1) is 7.11 Å². The Morgan fingerprint density at radius 2 is 2.00 bits per heavy atom. The summed E-state index contributed by atoms with van der Waals surface area (Å²) in [4.78, 5) is 18.0. The molecule has 2 aromatic carbocycles. The largest absolute Gasteiger partial charge is 0.508 e. The van der Waals surface area contributed by atoms with Crippen LogP contribution in [0, 0.1) is 0 Å². The van der Waals surface area contributed by atoms with E-state index in [0.29, 0.717) is 19.5 Å². The number of fused-ring (bicyclic) bond motifs is 3. The van der Waals surface area contributed by atoms with Crippen molar-refractivity contribution in [3.05, 3.63) is 65.4 Å². The number of carbonyl (C=O) groups excluding carboxylic acids is 1. The molecule has 0 fully saturated rings. The van der Waals surface area contributed by atoms with Crippen molar-refractivity contribution in [3.8, 4) is 5.75 Å². The first kappa shape index (κ1) is 15.7. The Labute approximate surface area is 145 Å². The second-order valence-corrected chi connectivity index (χ2v) is 6.44. The van der Waals surface area contributed by atoms with Gasteiger partial charge in [-0.15, -0.1) is 0 Å². The predicted octanol–water partition coefficient (Wildman–Crippen LogP) is 2.97. The van der Waals surface area contributed by atoms with Gasteiger partial charge in [0.25, 0.3) is 0 Å². The molecule has 4 rings (SSSR count). The van der Waals surface area contributed by atoms with E-state index in [1.807, 2.05) is 24.3 Å². The van der Waals surface area contributed by atoms with Gasteiger partial charge in [-0.05, 0) is 29.3 Å². The summed E-state index contributed by atoms with van der Waals surface area (Å²) in [5.74, 6) is 0.0273. The van der Waals surface area contributed by atoms with Crippen molar-refractivity contribution in [1.29, 1.82) is 0 Å². The number of benzene rings is 2. The van der Waals surface area contributed by atoms with Crippen molar-refractivity contribution in [2.24, 2.45) is 0 Å². The van der Waals surface area contributed by atoms with Crippen LogP contribution < -0.4 is 0 Å². The quantitative estimate of drug-likeness (QED) is 0.722. The molecule has 1 aliphatic rings. The summed E-state index contributed by atoms with van der Waals surface area (Å²) in [6, 6.07) is 15.0. The normalized spacial score (nSPS) is 17.4. The van der Waals surface area contributed by atoms with Crippen molar-refractivity contribution in [3.63, 3.8) is 0 Å². The fourth-order valence-corrected chi connectivity index (χ4v) is 3.63. The first-order valence-electron chi connectivity index (χ1n) is 8.34. The lowest BCUT2D eigenvalue weighted by Crippen LogP contribution is -2.45. The third-order valence-electron chi connectivity index (χ3n) is 4.90. The van der Waals surface area contributed by atoms with Crippen LogP contribution in [0.3, 0.4) is 0 Å². The molecule has 0 aliphatic carbocycles. The van der Waals surface area contributed by atoms with Crippen LogP contribution in [0.4, 0.5) is 0 Å². The van der Waals surface area contributed by atoms with Crippen molar-refractivity contribution < 1.29 is 14.6 Å². The summed E-state index contributed by atoms with van der Waals surface area (Å²) in [6.45, 7) is 1.28. The van der Waals surface area contributed by atoms with E-state index in [-0.39, 0.29) is 17.8 Å². The van der Waals surface area contributed by atoms with E-state index in [2.05, 4.69) is 22.0 Å². The smallest absolute Gasteiger partial charge is 0.323 e. The van der Waals surface area contributed by atoms with E-state index in [9.17, 15) is 9.90 Å². The van der Waals surface area contributed by atoms with Crippen LogP contribution in [0.5, 0.6) is 5.75 Å². The number of H-pyrrole nitrogens is 1. The maximum Gasteiger partial charge on any atom is 0.323 e. The lowest BCUT2D eigenvalue weighted by Gasteiger charge is -2.33. The van der Waals surface area contributed by atoms with Crippen molar-refractivity contribution in [2.75, 3.05) is 7.11 Å². The van der Waals surface area contributed by atoms with Gasteiger partial charge < -0.3 is 14.8 Å². The molecule has 2 N–H and O–H groups in total. The third kappa shape index (κ3) is 2.87. The minimum Gasteiger partial charge on any atom is -0.508 e. The van der Waals surface area contributed by atoms with Crippen LogP contribution in [0.15, 0.2) is 48.5 Å². The standard InChI is InChI=1S/C20H20N2O3/c1-25-20(24)19-10-16-15-4-2-3-5-17(15)21-18(16)12-22(19)11-13-6-8-14(23)9-7-13/h2-9,19,21,23H,10-12H2,1H3/t19-/m0/s1. The number of phenols is 1. The SMILES string of the molecule is COC(=O)[C@@H]1Cc2c([nH]c3ccccc23)CN1Cc1ccc(O)cc1. The maximum atomic E-state index is 12.4. The predicted molar refractivity (Wildman–Crippen MR) is 95.2 cm³/mol. The number of nitrogens with one attached hydrogen (secondary N) is 1. The topological polar surface area (TPSA) is 65.6 Å². The molecule has 0 amide bonds. The number of carbonyl (C=O) groups is 1. The Balaban J connectivity index is 1.69. The number of aromatic nitrogens is 1. The highest BCUT2D eigenvalue weighted by molar-refractivity contribution is 5.86. The molecule has 1 aromatic heterocycles. The molecular formula is C20H20N2O3. The second-order valence-electron chi connectivity index (χ2n) is 6.44. The molecule has 0 bridgehead atoms. The highest BCUT2D eigenvalue weighted by Gasteiger charge is 2.34. The molecule has 1 atom stereocenters. The minimum atomic E-state index is -0.314. The van der Waals surface area contributed by atoms with E-state index in [1.54, 1.807) is 12.1 Å². The zero-order valence-electron chi connectivity index (χ0n) is 14.0. The minimum absolute atomic E-state index is 0.213. The molecule has 0 unspecified atom stereocenters. The molecule has 5 heteroatoms. The van der Waals surface area contributed by atoms with Crippen LogP contribution in [-0.2, 0) is 29.0 Å². The number of hydrogen-bond acceptors (Lipinski definition) is 4. The van der Waals surface area contributed by atoms with Crippen molar-refractivity contribution >= 4 is 16.9 Å². The zero-order valence-corrected chi connectivity index (χ0v) is 14.0. The first-order chi connectivity index (χ1) is 12.2. The monoisotopic (exact) mass is 336 g/mol. The lowest BCUT2D eigenvalue weighted by atomic mass is 9.96. The zero-order chi connectivity index (χ0) is 17.4. The van der Waals surface area contributed by atoms with Crippen LogP contribution in [0.25, 0.3) is 10.9 Å². The number of aromatic amines is 1. The number of hydrogen-bond donors (Lipinski definition) is 2. The van der Waals surface area contributed by atoms with Crippen molar-refractivity contribution in [2.45, 2.75) is 25.6 Å². The van der Waals surface area contributed by atoms with Gasteiger partial charge in [0.1, 0.15) is 11.8 Å². The van der Waals surface area contributed by atoms with Gasteiger partial charge in [-0.25, -0.2) is 0 Å². The summed E-state index contributed by atoms with van der Waals surface area (Å²) < 4.78 is 5.05. The van der Waals surface area contributed by atoms with Gasteiger partial charge in [-0.2, -0.15) is 0 Å². The van der Waals surface area contributed by atoms with Crippen LogP contribution in [-0.4, -0.2) is 34.1 Å². The summed E-state index contributed by atoms with van der Waals surface area (Å²) in [6.07, 6.45) is 0.629. The van der Waals surface area contributed by atoms with Gasteiger partial charge in [0, 0.05) is 36.1 Å². The van der Waals surface area contributed by atoms with E-state index >= 15 is 0 Å². The van der Waals surface area contributed by atoms with Gasteiger partial charge in [-0.3, -0.25) is 9.69 Å². The van der Waals surface area contributed by atoms with Gasteiger partial charge in [0.2, 0.25) is 0 Å². The van der Waals surface area contributed by atoms with E-state index in [0.717, 1.165) is 16.8 Å². The molecule has 2 heterocycles. The number of methoxy groups -OCH3 is 1. The molecule has 1 aliphatic heterocycles. The molecular weight excluding hydrogens is 316 g/mol. The third-order valence-corrected chi connectivity index (χ3v) is 4.90. The van der Waals surface area contributed by atoms with Gasteiger partial charge in [0.15, 0.2) is 0 Å². The Bertz CT molecular complexity index is 914. The van der Waals surface area contributed by atoms with E-state index in [1.165, 1.54) is 18.1 Å². The molecule has 0 saturated heterocycles. The molecule has 3 aromatic rings. The fraction of sp³-hybridized carbons (Fsp3) is 0.250. The average Bonchev–Trinajstić information content (AvgIpc) is 2.99. The molecule has 25 heavy (non-hydrogen) atoms. The van der Waals surface area contributed by atoms with E-state index < -0.39 is 0 Å². The Morgan fingerprint density at radius 3 is 2.76 bits per heavy atom. The number of ether oxygens (including phenoxy) is 1. The second kappa shape index (κ2) is 6.26. The molecule has 0 spiro atoms. The Morgan fingerprint density at radius 1 is 1.24 bits per heavy atom. The number of rotatable bonds is 3. The molecule has 128 valence electrons. The summed E-state index contributed by atoms with van der Waals surface area (Å²) in [5, 5.41) is 10.6. The summed E-state index contributed by atoms with van der Waals surface area (Å²) in [7, 11) is 1.44. The Hall–Kier alpha value is -2.79. The molecule has 5 nitrogen and oxygen atoms in total. The molecule has 0 saturated carbocycles. The highest BCUT2D eigenvalue weighted by Crippen LogP contribution is 2.31. The van der Waals surface area contributed by atoms with Crippen LogP contribution in [0.2, 0.25) is 0 Å². The maximum absolute atomic E-state index is 12.4. The van der Waals surface area contributed by atoms with Gasteiger partial charge >= 0.3 is 5.97 Å². The summed E-state index contributed by atoms with van der Waals surface area (Å²) in [5.41, 5.74) is 4.50. The summed E-state index contributed by atoms with van der Waals surface area (Å²) >= 11 is 0. The molecule has 0 radical (unpaired) electrons. The number of phenolic OH excluding ortho intramolecular Hbond substituents is 1. The highest BCUT2D eigenvalue weighted by atomic mass is 16.5. The van der Waals surface area contributed by atoms with Crippen LogP contribution in [0.1, 0.15) is 16.8 Å². The van der Waals surface area contributed by atoms with E-state index in [4.69, 9.17) is 4.74 Å². The number of aromatic hydroxyl groups is 1. The van der Waals surface area contributed by atoms with Crippen molar-refractivity contribution in [1.82, 2.24) is 9.88 Å².